The molecule has 4 heterocycles. The van der Waals surface area contributed by atoms with Crippen LogP contribution in [0.2, 0.25) is 0 Å². The monoisotopic (exact) mass is 722 g/mol. The van der Waals surface area contributed by atoms with Crippen molar-refractivity contribution in [2.45, 2.75) is 73.1 Å². The van der Waals surface area contributed by atoms with Crippen LogP contribution >= 0.6 is 0 Å². The predicted octanol–water partition coefficient (Wildman–Crippen LogP) is 12.1. The topological polar surface area (TPSA) is 78.6 Å². The fraction of sp³-hybridized carbons (Fsp3) is 0.229. The summed E-state index contributed by atoms with van der Waals surface area (Å²) < 4.78 is 8.65. The van der Waals surface area contributed by atoms with Gasteiger partial charge < -0.3 is 4.74 Å². The van der Waals surface area contributed by atoms with E-state index < -0.39 is 0 Å². The number of benzene rings is 4. The van der Waals surface area contributed by atoms with E-state index in [-0.39, 0.29) is 10.8 Å². The number of aryl methyl sites for hydroxylation is 3. The maximum atomic E-state index is 6.46. The molecule has 8 rings (SSSR count). The number of pyridine rings is 2. The first kappa shape index (κ1) is 35.8. The SMILES string of the molecule is Cc1cnc(-c2cccc(Oc3ccc4c5ccccc5n(-c5ccccc5)c4n3)c2)cc1-c1c(C)cc(-c2nc(C(C)(C)C)nc(C(C)(C)C)n2)cc1C. The molecule has 0 spiro atoms. The first-order valence-corrected chi connectivity index (χ1v) is 18.8. The molecule has 7 heteroatoms. The van der Waals surface area contributed by atoms with E-state index >= 15 is 0 Å². The van der Waals surface area contributed by atoms with Crippen LogP contribution in [0.4, 0.5) is 0 Å². The molecule has 0 aliphatic carbocycles. The zero-order valence-electron chi connectivity index (χ0n) is 33.1. The Morgan fingerprint density at radius 2 is 1.24 bits per heavy atom. The van der Waals surface area contributed by atoms with Crippen molar-refractivity contribution in [3.63, 3.8) is 0 Å². The molecule has 0 saturated carbocycles. The van der Waals surface area contributed by atoms with Crippen molar-refractivity contribution < 1.29 is 4.74 Å². The standard InChI is InChI=1S/C48H46N6O/c1-29-24-33(43-51-45(47(4,5)6)53-46(52-43)48(7,8)9)25-30(2)42(29)38-27-39(49-28-31(38)3)32-16-15-19-35(26-32)55-41-23-22-37-36-20-13-14-21-40(36)54(44(37)50-41)34-17-11-10-12-18-34/h10-28H,1-9H3. The highest BCUT2D eigenvalue weighted by molar-refractivity contribution is 6.08. The first-order chi connectivity index (χ1) is 26.2. The summed E-state index contributed by atoms with van der Waals surface area (Å²) in [5.74, 6) is 3.52. The molecular formula is C48H46N6O. The number of hydrogen-bond acceptors (Lipinski definition) is 6. The molecule has 0 unspecified atom stereocenters. The van der Waals surface area contributed by atoms with Gasteiger partial charge in [-0.15, -0.1) is 0 Å². The minimum atomic E-state index is -0.206. The lowest BCUT2D eigenvalue weighted by Crippen LogP contribution is -2.24. The first-order valence-electron chi connectivity index (χ1n) is 18.8. The normalized spacial score (nSPS) is 12.1. The van der Waals surface area contributed by atoms with Crippen LogP contribution in [-0.2, 0) is 10.8 Å². The van der Waals surface area contributed by atoms with Crippen molar-refractivity contribution in [1.82, 2.24) is 29.5 Å². The van der Waals surface area contributed by atoms with Gasteiger partial charge in [-0.05, 0) is 103 Å². The Morgan fingerprint density at radius 3 is 1.93 bits per heavy atom. The van der Waals surface area contributed by atoms with E-state index in [1.54, 1.807) is 0 Å². The van der Waals surface area contributed by atoms with Gasteiger partial charge in [0, 0.05) is 50.7 Å². The molecule has 0 atom stereocenters. The summed E-state index contributed by atoms with van der Waals surface area (Å²) in [6.07, 6.45) is 1.96. The summed E-state index contributed by atoms with van der Waals surface area (Å²) in [4.78, 5) is 24.8. The van der Waals surface area contributed by atoms with Gasteiger partial charge in [-0.2, -0.15) is 4.98 Å². The molecule has 8 aromatic rings. The van der Waals surface area contributed by atoms with Gasteiger partial charge in [-0.1, -0.05) is 90.1 Å². The number of nitrogens with zero attached hydrogens (tertiary/aromatic N) is 6. The van der Waals surface area contributed by atoms with Crippen LogP contribution in [0, 0.1) is 20.8 Å². The largest absolute Gasteiger partial charge is 0.439 e. The van der Waals surface area contributed by atoms with E-state index in [9.17, 15) is 0 Å². The molecule has 0 N–H and O–H groups in total. The van der Waals surface area contributed by atoms with Gasteiger partial charge in [0.1, 0.15) is 23.0 Å². The van der Waals surface area contributed by atoms with Gasteiger partial charge in [0.15, 0.2) is 5.82 Å². The number of para-hydroxylation sites is 2. The number of ether oxygens (including phenoxy) is 1. The minimum Gasteiger partial charge on any atom is -0.439 e. The van der Waals surface area contributed by atoms with Crippen LogP contribution in [0.15, 0.2) is 115 Å². The lowest BCUT2D eigenvalue weighted by molar-refractivity contribution is 0.465. The minimum absolute atomic E-state index is 0.206. The summed E-state index contributed by atoms with van der Waals surface area (Å²) in [6.45, 7) is 19.3. The maximum absolute atomic E-state index is 6.46. The predicted molar refractivity (Wildman–Crippen MR) is 224 cm³/mol. The van der Waals surface area contributed by atoms with Crippen LogP contribution < -0.4 is 4.74 Å². The van der Waals surface area contributed by atoms with Gasteiger partial charge in [0.2, 0.25) is 5.88 Å². The van der Waals surface area contributed by atoms with E-state index in [1.165, 1.54) is 5.56 Å². The number of aromatic nitrogens is 6. The highest BCUT2D eigenvalue weighted by atomic mass is 16.5. The second kappa shape index (κ2) is 13.6. The average molecular weight is 723 g/mol. The Labute approximate surface area is 323 Å². The molecule has 0 bridgehead atoms. The van der Waals surface area contributed by atoms with Crippen LogP contribution in [0.25, 0.3) is 61.4 Å². The lowest BCUT2D eigenvalue weighted by atomic mass is 9.90. The maximum Gasteiger partial charge on any atom is 0.221 e. The van der Waals surface area contributed by atoms with E-state index in [0.717, 1.165) is 78.3 Å². The second-order valence-corrected chi connectivity index (χ2v) is 16.5. The third kappa shape index (κ3) is 6.87. The van der Waals surface area contributed by atoms with Crippen LogP contribution in [0.1, 0.15) is 69.9 Å². The Hall–Kier alpha value is -6.21. The fourth-order valence-corrected chi connectivity index (χ4v) is 7.20. The molecule has 55 heavy (non-hydrogen) atoms. The highest BCUT2D eigenvalue weighted by Gasteiger charge is 2.26. The molecular weight excluding hydrogens is 677 g/mol. The van der Waals surface area contributed by atoms with Gasteiger partial charge in [0.05, 0.1) is 11.2 Å². The Bertz CT molecular complexity index is 2680. The molecule has 0 saturated heterocycles. The van der Waals surface area contributed by atoms with Gasteiger partial charge in [-0.3, -0.25) is 9.55 Å². The molecule has 0 radical (unpaired) electrons. The summed E-state index contributed by atoms with van der Waals surface area (Å²) in [6, 6.07) is 37.4. The van der Waals surface area contributed by atoms with Crippen LogP contribution in [-0.4, -0.2) is 29.5 Å². The molecule has 7 nitrogen and oxygen atoms in total. The van der Waals surface area contributed by atoms with Gasteiger partial charge in [-0.25, -0.2) is 15.0 Å². The number of fused-ring (bicyclic) bond motifs is 3. The van der Waals surface area contributed by atoms with Gasteiger partial charge >= 0.3 is 0 Å². The van der Waals surface area contributed by atoms with Crippen molar-refractivity contribution in [3.8, 4) is 51.1 Å². The molecule has 0 amide bonds. The summed E-state index contributed by atoms with van der Waals surface area (Å²) in [5, 5.41) is 2.23. The van der Waals surface area contributed by atoms with E-state index in [2.05, 4.69) is 134 Å². The third-order valence-corrected chi connectivity index (χ3v) is 10.0. The van der Waals surface area contributed by atoms with Crippen molar-refractivity contribution in [1.29, 1.82) is 0 Å². The third-order valence-electron chi connectivity index (χ3n) is 10.0. The molecule has 4 aromatic heterocycles. The van der Waals surface area contributed by atoms with Gasteiger partial charge in [0.25, 0.3) is 0 Å². The highest BCUT2D eigenvalue weighted by Crippen LogP contribution is 2.37. The van der Waals surface area contributed by atoms with Crippen LogP contribution in [0.5, 0.6) is 11.6 Å². The second-order valence-electron chi connectivity index (χ2n) is 16.5. The van der Waals surface area contributed by atoms with E-state index in [0.29, 0.717) is 17.5 Å². The average Bonchev–Trinajstić information content (AvgIpc) is 3.48. The molecule has 0 aliphatic heterocycles. The summed E-state index contributed by atoms with van der Waals surface area (Å²) >= 11 is 0. The van der Waals surface area contributed by atoms with Crippen molar-refractivity contribution in [3.05, 3.63) is 144 Å². The number of hydrogen-bond donors (Lipinski definition) is 0. The smallest absolute Gasteiger partial charge is 0.221 e. The van der Waals surface area contributed by atoms with Crippen LogP contribution in [0.3, 0.4) is 0 Å². The number of rotatable bonds is 6. The zero-order valence-corrected chi connectivity index (χ0v) is 33.1. The lowest BCUT2D eigenvalue weighted by Gasteiger charge is -2.23. The van der Waals surface area contributed by atoms with E-state index in [1.807, 2.05) is 48.7 Å². The molecule has 274 valence electrons. The molecule has 0 aliphatic rings. The molecule has 4 aromatic carbocycles. The fourth-order valence-electron chi connectivity index (χ4n) is 7.20. The Balaban J connectivity index is 1.13. The van der Waals surface area contributed by atoms with E-state index in [4.69, 9.17) is 29.7 Å². The van der Waals surface area contributed by atoms with Crippen molar-refractivity contribution in [2.24, 2.45) is 0 Å². The molecule has 0 fully saturated rings. The van der Waals surface area contributed by atoms with Crippen molar-refractivity contribution in [2.75, 3.05) is 0 Å². The quantitative estimate of drug-likeness (QED) is 0.170. The summed E-state index contributed by atoms with van der Waals surface area (Å²) in [5.41, 5.74) is 11.1. The summed E-state index contributed by atoms with van der Waals surface area (Å²) in [7, 11) is 0. The Morgan fingerprint density at radius 1 is 0.564 bits per heavy atom. The Kier molecular flexibility index (Phi) is 8.84. The van der Waals surface area contributed by atoms with Crippen molar-refractivity contribution >= 4 is 21.9 Å². The zero-order chi connectivity index (χ0) is 38.6.